The third kappa shape index (κ3) is 4.45. The zero-order valence-corrected chi connectivity index (χ0v) is 23.3. The maximum atomic E-state index is 6.40. The lowest BCUT2D eigenvalue weighted by Crippen LogP contribution is -2.15. The van der Waals surface area contributed by atoms with E-state index in [2.05, 4.69) is 45.6 Å². The van der Waals surface area contributed by atoms with E-state index in [-0.39, 0.29) is 12.5 Å². The Balaban J connectivity index is 1.29. The van der Waals surface area contributed by atoms with E-state index in [1.54, 1.807) is 25.1 Å². The predicted octanol–water partition coefficient (Wildman–Crippen LogP) is 6.52. The minimum Gasteiger partial charge on any atom is -0.497 e. The van der Waals surface area contributed by atoms with Gasteiger partial charge >= 0.3 is 0 Å². The van der Waals surface area contributed by atoms with E-state index in [1.807, 2.05) is 61.5 Å². The van der Waals surface area contributed by atoms with Gasteiger partial charge in [-0.15, -0.1) is 5.10 Å². The van der Waals surface area contributed by atoms with Crippen LogP contribution in [0.3, 0.4) is 0 Å². The first-order valence-corrected chi connectivity index (χ1v) is 13.5. The number of hydrogen-bond donors (Lipinski definition) is 0. The van der Waals surface area contributed by atoms with Gasteiger partial charge in [0, 0.05) is 11.5 Å². The zero-order valence-electron chi connectivity index (χ0n) is 23.3. The van der Waals surface area contributed by atoms with E-state index >= 15 is 0 Å². The molecule has 7 rings (SSSR count). The third-order valence-electron chi connectivity index (χ3n) is 7.50. The van der Waals surface area contributed by atoms with E-state index in [4.69, 9.17) is 24.0 Å². The summed E-state index contributed by atoms with van der Waals surface area (Å²) in [7, 11) is 3.30. The fourth-order valence-electron chi connectivity index (χ4n) is 5.41. The Bertz CT molecular complexity index is 1950. The molecule has 1 aliphatic heterocycles. The molecule has 0 aliphatic carbocycles. The molecule has 0 amide bonds. The first-order chi connectivity index (χ1) is 20.6. The molecule has 9 heteroatoms. The highest BCUT2D eigenvalue weighted by Gasteiger charge is 2.34. The average Bonchev–Trinajstić information content (AvgIpc) is 3.47. The molecular formula is C33H27N5O4. The molecule has 2 aromatic heterocycles. The van der Waals surface area contributed by atoms with Crippen LogP contribution >= 0.6 is 0 Å². The Labute approximate surface area is 242 Å². The van der Waals surface area contributed by atoms with Crippen molar-refractivity contribution in [1.29, 1.82) is 0 Å². The topological polar surface area (TPSA) is 92.4 Å². The lowest BCUT2D eigenvalue weighted by Gasteiger charge is -2.29. The van der Waals surface area contributed by atoms with Crippen molar-refractivity contribution in [2.75, 3.05) is 14.2 Å². The van der Waals surface area contributed by atoms with Crippen molar-refractivity contribution >= 4 is 22.1 Å². The summed E-state index contributed by atoms with van der Waals surface area (Å²) in [6.07, 6.45) is 1.62. The van der Waals surface area contributed by atoms with Crippen LogP contribution in [-0.4, -0.2) is 39.5 Å². The molecule has 1 unspecified atom stereocenters. The number of methoxy groups -OCH3 is 2. The standard InChI is InChI=1S/C33H27N5O4/c1-20(21-8-13-24(39-2)14-9-21)37-41-18-28-35-32-31-29(23-10-15-25(40-3)16-11-23)30-26-7-5-4-6-22(26)12-17-27(30)42-33(31)34-19-38(32)36-28/h4-17,19,29H,18H2,1-3H3. The summed E-state index contributed by atoms with van der Waals surface area (Å²) in [6.45, 7) is 1.98. The number of benzene rings is 4. The lowest BCUT2D eigenvalue weighted by molar-refractivity contribution is 0.125. The summed E-state index contributed by atoms with van der Waals surface area (Å²) >= 11 is 0. The van der Waals surface area contributed by atoms with E-state index in [0.29, 0.717) is 17.4 Å². The molecule has 0 spiro atoms. The average molecular weight is 558 g/mol. The van der Waals surface area contributed by atoms with Crippen LogP contribution in [0.1, 0.15) is 40.9 Å². The van der Waals surface area contributed by atoms with Crippen LogP contribution in [-0.2, 0) is 11.4 Å². The van der Waals surface area contributed by atoms with Crippen LogP contribution in [0.2, 0.25) is 0 Å². The molecule has 3 heterocycles. The fourth-order valence-corrected chi connectivity index (χ4v) is 5.41. The van der Waals surface area contributed by atoms with Crippen LogP contribution in [0.4, 0.5) is 0 Å². The highest BCUT2D eigenvalue weighted by atomic mass is 16.6. The predicted molar refractivity (Wildman–Crippen MR) is 159 cm³/mol. The second-order valence-electron chi connectivity index (χ2n) is 9.94. The van der Waals surface area contributed by atoms with Gasteiger partial charge < -0.3 is 19.0 Å². The summed E-state index contributed by atoms with van der Waals surface area (Å²) < 4.78 is 18.7. The van der Waals surface area contributed by atoms with Crippen LogP contribution in [0.25, 0.3) is 16.4 Å². The highest BCUT2D eigenvalue weighted by molar-refractivity contribution is 5.98. The molecule has 1 aliphatic rings. The van der Waals surface area contributed by atoms with Crippen molar-refractivity contribution in [3.05, 3.63) is 119 Å². The van der Waals surface area contributed by atoms with Crippen molar-refractivity contribution in [1.82, 2.24) is 19.6 Å². The number of fused-ring (bicyclic) bond motifs is 6. The molecule has 6 aromatic rings. The van der Waals surface area contributed by atoms with Gasteiger partial charge in [-0.2, -0.15) is 0 Å². The monoisotopic (exact) mass is 557 g/mol. The first kappa shape index (κ1) is 25.5. The summed E-state index contributed by atoms with van der Waals surface area (Å²) in [5.74, 6) is 3.11. The Morgan fingerprint density at radius 2 is 1.62 bits per heavy atom. The molecule has 0 bridgehead atoms. The smallest absolute Gasteiger partial charge is 0.228 e. The second-order valence-corrected chi connectivity index (χ2v) is 9.94. The minimum absolute atomic E-state index is 0.0948. The van der Waals surface area contributed by atoms with Gasteiger partial charge in [-0.1, -0.05) is 47.6 Å². The normalized spacial score (nSPS) is 14.3. The molecule has 1 atom stereocenters. The van der Waals surface area contributed by atoms with Gasteiger partial charge in [-0.05, 0) is 71.3 Å². The Kier molecular flexibility index (Phi) is 6.39. The quantitative estimate of drug-likeness (QED) is 0.163. The molecule has 0 radical (unpaired) electrons. The molecule has 9 nitrogen and oxygen atoms in total. The summed E-state index contributed by atoms with van der Waals surface area (Å²) in [5, 5.41) is 11.2. The van der Waals surface area contributed by atoms with Crippen molar-refractivity contribution < 1.29 is 19.0 Å². The van der Waals surface area contributed by atoms with Gasteiger partial charge in [0.25, 0.3) is 0 Å². The Hall–Kier alpha value is -5.44. The molecular weight excluding hydrogens is 530 g/mol. The van der Waals surface area contributed by atoms with Crippen molar-refractivity contribution in [3.8, 4) is 23.1 Å². The minimum atomic E-state index is -0.203. The maximum Gasteiger partial charge on any atom is 0.228 e. The summed E-state index contributed by atoms with van der Waals surface area (Å²) in [5.41, 5.74) is 5.27. The molecule has 0 fully saturated rings. The van der Waals surface area contributed by atoms with E-state index < -0.39 is 0 Å². The van der Waals surface area contributed by atoms with Crippen LogP contribution in [0.5, 0.6) is 23.1 Å². The molecule has 208 valence electrons. The molecule has 4 aromatic carbocycles. The zero-order chi connectivity index (χ0) is 28.6. The third-order valence-corrected chi connectivity index (χ3v) is 7.50. The van der Waals surface area contributed by atoms with Crippen LogP contribution in [0, 0.1) is 0 Å². The maximum absolute atomic E-state index is 6.40. The number of nitrogens with zero attached hydrogens (tertiary/aromatic N) is 5. The number of hydrogen-bond acceptors (Lipinski definition) is 8. The Morgan fingerprint density at radius 1 is 0.881 bits per heavy atom. The van der Waals surface area contributed by atoms with Gasteiger partial charge in [0.05, 0.1) is 25.5 Å². The van der Waals surface area contributed by atoms with Crippen molar-refractivity contribution in [2.45, 2.75) is 19.4 Å². The number of ether oxygens (including phenoxy) is 3. The Morgan fingerprint density at radius 3 is 2.38 bits per heavy atom. The van der Waals surface area contributed by atoms with Gasteiger partial charge in [-0.25, -0.2) is 14.5 Å². The van der Waals surface area contributed by atoms with Crippen molar-refractivity contribution in [3.63, 3.8) is 0 Å². The SMILES string of the molecule is COc1ccc(C(C)=NOCc2nc3c4c(ncn3n2)Oc2ccc3ccccc3c2C4c2ccc(OC)cc2)cc1. The number of oxime groups is 1. The van der Waals surface area contributed by atoms with Gasteiger partial charge in [-0.3, -0.25) is 0 Å². The first-order valence-electron chi connectivity index (χ1n) is 13.5. The second kappa shape index (κ2) is 10.5. The molecule has 42 heavy (non-hydrogen) atoms. The summed E-state index contributed by atoms with van der Waals surface area (Å²) in [6, 6.07) is 28.1. The van der Waals surface area contributed by atoms with E-state index in [9.17, 15) is 0 Å². The van der Waals surface area contributed by atoms with Gasteiger partial charge in [0.15, 0.2) is 18.1 Å². The summed E-state index contributed by atoms with van der Waals surface area (Å²) in [4.78, 5) is 15.2. The number of rotatable bonds is 7. The van der Waals surface area contributed by atoms with Gasteiger partial charge in [0.1, 0.15) is 23.6 Å². The molecule has 0 saturated carbocycles. The van der Waals surface area contributed by atoms with E-state index in [0.717, 1.165) is 56.0 Å². The van der Waals surface area contributed by atoms with Crippen molar-refractivity contribution in [2.24, 2.45) is 5.16 Å². The van der Waals surface area contributed by atoms with Crippen LogP contribution < -0.4 is 14.2 Å². The lowest BCUT2D eigenvalue weighted by atomic mass is 9.81. The fraction of sp³-hybridized carbons (Fsp3) is 0.152. The molecule has 0 N–H and O–H groups in total. The largest absolute Gasteiger partial charge is 0.497 e. The highest BCUT2D eigenvalue weighted by Crippen LogP contribution is 2.50. The van der Waals surface area contributed by atoms with E-state index in [1.165, 1.54) is 0 Å². The van der Waals surface area contributed by atoms with Crippen LogP contribution in [0.15, 0.2) is 96.4 Å². The van der Waals surface area contributed by atoms with Gasteiger partial charge in [0.2, 0.25) is 5.88 Å². The molecule has 0 saturated heterocycles. The number of aromatic nitrogens is 4.